The number of hydrogen-bond acceptors (Lipinski definition) is 2. The summed E-state index contributed by atoms with van der Waals surface area (Å²) in [6.45, 7) is 3.62. The molecule has 0 saturated carbocycles. The quantitative estimate of drug-likeness (QED) is 0.518. The number of carbonyl (C=O) groups excluding carboxylic acids is 1. The van der Waals surface area contributed by atoms with Gasteiger partial charge < -0.3 is 4.74 Å². The van der Waals surface area contributed by atoms with Crippen LogP contribution in [-0.2, 0) is 4.74 Å². The van der Waals surface area contributed by atoms with E-state index in [1.54, 1.807) is 0 Å². The van der Waals surface area contributed by atoms with Crippen LogP contribution in [0.5, 0.6) is 0 Å². The lowest BCUT2D eigenvalue weighted by atomic mass is 10.1. The lowest BCUT2D eigenvalue weighted by molar-refractivity contribution is 0.112. The maximum atomic E-state index is 10.4. The van der Waals surface area contributed by atoms with E-state index in [9.17, 15) is 4.79 Å². The van der Waals surface area contributed by atoms with E-state index < -0.39 is 0 Å². The van der Waals surface area contributed by atoms with Crippen molar-refractivity contribution in [2.75, 3.05) is 13.2 Å². The maximum Gasteiger partial charge on any atom is 0.150 e. The number of benzene rings is 1. The van der Waals surface area contributed by atoms with Crippen LogP contribution >= 0.6 is 0 Å². The molecular weight excluding hydrogens is 200 g/mol. The van der Waals surface area contributed by atoms with E-state index in [4.69, 9.17) is 4.74 Å². The molecule has 0 aromatic heterocycles. The first-order valence-corrected chi connectivity index (χ1v) is 5.66. The Kier molecular flexibility index (Phi) is 6.19. The number of ether oxygens (including phenoxy) is 1. The zero-order chi connectivity index (χ0) is 11.6. The van der Waals surface area contributed by atoms with Gasteiger partial charge in [0.05, 0.1) is 6.61 Å². The molecule has 1 rings (SSSR count). The molecular formula is C14H18O2. The number of carbonyl (C=O) groups is 1. The van der Waals surface area contributed by atoms with E-state index in [1.165, 1.54) is 0 Å². The molecule has 0 aliphatic rings. The molecule has 1 aromatic carbocycles. The summed E-state index contributed by atoms with van der Waals surface area (Å²) in [4.78, 5) is 10.4. The molecule has 0 spiro atoms. The van der Waals surface area contributed by atoms with Gasteiger partial charge in [-0.1, -0.05) is 49.8 Å². The second kappa shape index (κ2) is 7.83. The van der Waals surface area contributed by atoms with Gasteiger partial charge in [0.15, 0.2) is 0 Å². The van der Waals surface area contributed by atoms with Gasteiger partial charge >= 0.3 is 0 Å². The molecule has 0 bridgehead atoms. The van der Waals surface area contributed by atoms with Crippen molar-refractivity contribution in [2.24, 2.45) is 0 Å². The maximum absolute atomic E-state index is 10.4. The first kappa shape index (κ1) is 12.7. The fourth-order valence-corrected chi connectivity index (χ4v) is 1.27. The number of rotatable bonds is 7. The van der Waals surface area contributed by atoms with E-state index in [0.717, 1.165) is 31.3 Å². The highest BCUT2D eigenvalue weighted by Crippen LogP contribution is 2.04. The largest absolute Gasteiger partial charge is 0.377 e. The summed E-state index contributed by atoms with van der Waals surface area (Å²) in [5.74, 6) is 0. The van der Waals surface area contributed by atoms with Crippen molar-refractivity contribution >= 4 is 12.4 Å². The molecule has 16 heavy (non-hydrogen) atoms. The molecule has 1 aromatic rings. The molecule has 2 heteroatoms. The van der Waals surface area contributed by atoms with Crippen LogP contribution in [0.2, 0.25) is 0 Å². The Morgan fingerprint density at radius 2 is 1.88 bits per heavy atom. The topological polar surface area (TPSA) is 26.3 Å². The average molecular weight is 218 g/mol. The second-order valence-electron chi connectivity index (χ2n) is 3.62. The van der Waals surface area contributed by atoms with E-state index >= 15 is 0 Å². The molecule has 0 heterocycles. The van der Waals surface area contributed by atoms with E-state index in [2.05, 4.69) is 6.92 Å². The van der Waals surface area contributed by atoms with Gasteiger partial charge in [-0.2, -0.15) is 0 Å². The summed E-state index contributed by atoms with van der Waals surface area (Å²) in [6, 6.07) is 7.47. The Hall–Kier alpha value is -1.41. The van der Waals surface area contributed by atoms with E-state index in [-0.39, 0.29) is 0 Å². The number of unbranched alkanes of at least 4 members (excludes halogenated alkanes) is 1. The van der Waals surface area contributed by atoms with E-state index in [1.807, 2.05) is 36.4 Å². The fraction of sp³-hybridized carbons (Fsp3) is 0.357. The van der Waals surface area contributed by atoms with Gasteiger partial charge in [-0.15, -0.1) is 0 Å². The summed E-state index contributed by atoms with van der Waals surface area (Å²) in [5.41, 5.74) is 1.79. The second-order valence-corrected chi connectivity index (χ2v) is 3.62. The molecule has 0 aliphatic heterocycles. The van der Waals surface area contributed by atoms with Crippen LogP contribution in [0, 0.1) is 0 Å². The number of aldehydes is 1. The van der Waals surface area contributed by atoms with Crippen LogP contribution in [0.25, 0.3) is 6.08 Å². The Morgan fingerprint density at radius 1 is 1.19 bits per heavy atom. The van der Waals surface area contributed by atoms with Crippen molar-refractivity contribution in [3.05, 3.63) is 41.5 Å². The van der Waals surface area contributed by atoms with Crippen molar-refractivity contribution in [3.63, 3.8) is 0 Å². The summed E-state index contributed by atoms with van der Waals surface area (Å²) < 4.78 is 5.40. The smallest absolute Gasteiger partial charge is 0.150 e. The molecule has 0 amide bonds. The normalized spacial score (nSPS) is 10.8. The van der Waals surface area contributed by atoms with Crippen LogP contribution < -0.4 is 0 Å². The molecule has 0 fully saturated rings. The van der Waals surface area contributed by atoms with Crippen LogP contribution in [-0.4, -0.2) is 19.5 Å². The molecule has 0 N–H and O–H groups in total. The minimum absolute atomic E-state index is 0.648. The highest BCUT2D eigenvalue weighted by atomic mass is 16.5. The fourth-order valence-electron chi connectivity index (χ4n) is 1.27. The summed E-state index contributed by atoms with van der Waals surface area (Å²) >= 11 is 0. The molecule has 86 valence electrons. The molecule has 2 nitrogen and oxygen atoms in total. The first-order chi connectivity index (χ1) is 7.86. The van der Waals surface area contributed by atoms with Gasteiger partial charge in [0.1, 0.15) is 6.29 Å². The average Bonchev–Trinajstić information content (AvgIpc) is 2.34. The van der Waals surface area contributed by atoms with Crippen LogP contribution in [0.3, 0.4) is 0 Å². The van der Waals surface area contributed by atoms with Crippen molar-refractivity contribution < 1.29 is 9.53 Å². The lowest BCUT2D eigenvalue weighted by Gasteiger charge is -1.98. The van der Waals surface area contributed by atoms with Crippen LogP contribution in [0.4, 0.5) is 0 Å². The lowest BCUT2D eigenvalue weighted by Crippen LogP contribution is -1.92. The third-order valence-corrected chi connectivity index (χ3v) is 2.24. The van der Waals surface area contributed by atoms with Crippen molar-refractivity contribution in [1.29, 1.82) is 0 Å². The molecule has 0 unspecified atom stereocenters. The summed E-state index contributed by atoms with van der Waals surface area (Å²) in [7, 11) is 0. The van der Waals surface area contributed by atoms with Crippen molar-refractivity contribution in [3.8, 4) is 0 Å². The molecule has 0 radical (unpaired) electrons. The minimum atomic E-state index is 0.648. The van der Waals surface area contributed by atoms with Crippen LogP contribution in [0.15, 0.2) is 30.3 Å². The van der Waals surface area contributed by atoms with E-state index in [0.29, 0.717) is 12.2 Å². The highest BCUT2D eigenvalue weighted by Gasteiger charge is 1.89. The third kappa shape index (κ3) is 4.89. The minimum Gasteiger partial charge on any atom is -0.377 e. The zero-order valence-corrected chi connectivity index (χ0v) is 9.69. The van der Waals surface area contributed by atoms with Gasteiger partial charge in [0, 0.05) is 12.2 Å². The Morgan fingerprint density at radius 3 is 2.50 bits per heavy atom. The standard InChI is InChI=1S/C14H18O2/c1-2-3-10-16-11-4-5-13-6-8-14(12-15)9-7-13/h4-9,12H,2-3,10-11H2,1H3/b5-4+. The Balaban J connectivity index is 2.29. The molecule has 0 saturated heterocycles. The van der Waals surface area contributed by atoms with Crippen LogP contribution in [0.1, 0.15) is 35.7 Å². The SMILES string of the molecule is CCCCOC/C=C/c1ccc(C=O)cc1. The predicted molar refractivity (Wildman–Crippen MR) is 66.6 cm³/mol. The molecule has 0 aliphatic carbocycles. The summed E-state index contributed by atoms with van der Waals surface area (Å²) in [6.07, 6.45) is 7.12. The monoisotopic (exact) mass is 218 g/mol. The van der Waals surface area contributed by atoms with Crippen molar-refractivity contribution in [2.45, 2.75) is 19.8 Å². The number of hydrogen-bond donors (Lipinski definition) is 0. The first-order valence-electron chi connectivity index (χ1n) is 5.66. The van der Waals surface area contributed by atoms with Crippen molar-refractivity contribution in [1.82, 2.24) is 0 Å². The predicted octanol–water partition coefficient (Wildman–Crippen LogP) is 3.33. The van der Waals surface area contributed by atoms with Gasteiger partial charge in [-0.05, 0) is 12.0 Å². The third-order valence-electron chi connectivity index (χ3n) is 2.24. The van der Waals surface area contributed by atoms with Gasteiger partial charge in [-0.25, -0.2) is 0 Å². The zero-order valence-electron chi connectivity index (χ0n) is 9.69. The molecule has 0 atom stereocenters. The summed E-state index contributed by atoms with van der Waals surface area (Å²) in [5, 5.41) is 0. The van der Waals surface area contributed by atoms with Gasteiger partial charge in [-0.3, -0.25) is 4.79 Å². The highest BCUT2D eigenvalue weighted by molar-refractivity contribution is 5.75. The van der Waals surface area contributed by atoms with Gasteiger partial charge in [0.25, 0.3) is 0 Å². The van der Waals surface area contributed by atoms with Gasteiger partial charge in [0.2, 0.25) is 0 Å². The Bertz CT molecular complexity index is 325. The Labute approximate surface area is 96.9 Å².